The molecular weight excluding hydrogens is 422 g/mol. The molecule has 0 spiro atoms. The number of rotatable bonds is 4. The summed E-state index contributed by atoms with van der Waals surface area (Å²) in [5, 5.41) is 7.60. The summed E-state index contributed by atoms with van der Waals surface area (Å²) in [4.78, 5) is 13.1. The van der Waals surface area contributed by atoms with E-state index in [1.807, 2.05) is 68.4 Å². The molecule has 2 unspecified atom stereocenters. The summed E-state index contributed by atoms with van der Waals surface area (Å²) in [5.74, 6) is 6.11. The number of para-hydroxylation sites is 1. The lowest BCUT2D eigenvalue weighted by atomic mass is 9.74. The van der Waals surface area contributed by atoms with Crippen LogP contribution in [0.25, 0.3) is 10.9 Å². The second kappa shape index (κ2) is 9.50. The quantitative estimate of drug-likeness (QED) is 0.399. The molecule has 4 aromatic rings. The Morgan fingerprint density at radius 1 is 1.06 bits per heavy atom. The van der Waals surface area contributed by atoms with E-state index in [2.05, 4.69) is 31.5 Å². The van der Waals surface area contributed by atoms with Crippen molar-refractivity contribution in [2.24, 2.45) is 5.92 Å². The first-order chi connectivity index (χ1) is 16.6. The number of pyridine rings is 1. The molecule has 1 saturated carbocycles. The second-order valence-corrected chi connectivity index (χ2v) is 8.75. The molecule has 0 amide bonds. The average Bonchev–Trinajstić information content (AvgIpc) is 2.84. The van der Waals surface area contributed by atoms with Crippen LogP contribution >= 0.6 is 0 Å². The van der Waals surface area contributed by atoms with Gasteiger partial charge in [0.2, 0.25) is 5.82 Å². The highest BCUT2D eigenvalue weighted by Gasteiger charge is 2.37. The fourth-order valence-electron chi connectivity index (χ4n) is 4.08. The Labute approximate surface area is 199 Å². The molecule has 6 rings (SSSR count). The van der Waals surface area contributed by atoms with Crippen molar-refractivity contribution in [3.63, 3.8) is 0 Å². The van der Waals surface area contributed by atoms with Crippen molar-refractivity contribution in [3.8, 4) is 23.8 Å². The lowest BCUT2D eigenvalue weighted by molar-refractivity contribution is 0.111. The monoisotopic (exact) mass is 449 g/mol. The number of hydrogen-bond acceptors (Lipinski definition) is 6. The Bertz CT molecular complexity index is 1340. The van der Waals surface area contributed by atoms with Gasteiger partial charge in [-0.1, -0.05) is 12.1 Å². The van der Waals surface area contributed by atoms with Gasteiger partial charge in [0.15, 0.2) is 0 Å². The number of piperidine rings is 1. The van der Waals surface area contributed by atoms with Crippen LogP contribution in [-0.2, 0) is 0 Å². The summed E-state index contributed by atoms with van der Waals surface area (Å²) in [6.07, 6.45) is 10.2. The predicted molar refractivity (Wildman–Crippen MR) is 135 cm³/mol. The van der Waals surface area contributed by atoms with Crippen LogP contribution in [0.2, 0.25) is 0 Å². The predicted octanol–water partition coefficient (Wildman–Crippen LogP) is 5.53. The van der Waals surface area contributed by atoms with E-state index in [1.165, 1.54) is 19.4 Å². The first-order valence-electron chi connectivity index (χ1n) is 11.5. The van der Waals surface area contributed by atoms with Gasteiger partial charge in [-0.3, -0.25) is 4.98 Å². The van der Waals surface area contributed by atoms with Crippen molar-refractivity contribution in [2.75, 3.05) is 11.9 Å². The fraction of sp³-hybridized carbons (Fsp3) is 0.250. The molecule has 1 aliphatic carbocycles. The van der Waals surface area contributed by atoms with E-state index in [0.29, 0.717) is 17.4 Å². The number of anilines is 2. The van der Waals surface area contributed by atoms with Crippen molar-refractivity contribution >= 4 is 22.4 Å². The molecule has 34 heavy (non-hydrogen) atoms. The molecule has 2 fully saturated rings. The van der Waals surface area contributed by atoms with Gasteiger partial charge < -0.3 is 15.4 Å². The van der Waals surface area contributed by atoms with Crippen molar-refractivity contribution in [2.45, 2.75) is 32.7 Å². The maximum Gasteiger partial charge on any atom is 0.207 e. The van der Waals surface area contributed by atoms with Gasteiger partial charge in [0.25, 0.3) is 0 Å². The van der Waals surface area contributed by atoms with Crippen LogP contribution in [0.1, 0.15) is 29.9 Å². The van der Waals surface area contributed by atoms with E-state index >= 15 is 0 Å². The number of aromatic nitrogens is 3. The average molecular weight is 450 g/mol. The normalized spacial score (nSPS) is 17.8. The van der Waals surface area contributed by atoms with Gasteiger partial charge in [0.05, 0.1) is 11.7 Å². The SMILES string of the molecule is C#Cc1nc(Nc2ccc(Oc3ccc(C)nc3)c(C)c2)c2ccccc2n1.C1CC2NCC12. The third-order valence-electron chi connectivity index (χ3n) is 6.34. The first kappa shape index (κ1) is 21.9. The minimum absolute atomic E-state index is 0.352. The highest BCUT2D eigenvalue weighted by molar-refractivity contribution is 5.91. The zero-order valence-electron chi connectivity index (χ0n) is 19.4. The molecule has 2 atom stereocenters. The topological polar surface area (TPSA) is 72.0 Å². The van der Waals surface area contributed by atoms with E-state index in [-0.39, 0.29) is 0 Å². The molecule has 2 aromatic carbocycles. The molecule has 2 aromatic heterocycles. The Morgan fingerprint density at radius 2 is 1.91 bits per heavy atom. The summed E-state index contributed by atoms with van der Waals surface area (Å²) >= 11 is 0. The fourth-order valence-corrected chi connectivity index (χ4v) is 4.08. The van der Waals surface area contributed by atoms with Crippen molar-refractivity contribution in [3.05, 3.63) is 77.9 Å². The van der Waals surface area contributed by atoms with Crippen molar-refractivity contribution < 1.29 is 4.74 Å². The smallest absolute Gasteiger partial charge is 0.207 e. The number of nitrogens with zero attached hydrogens (tertiary/aromatic N) is 3. The third kappa shape index (κ3) is 4.70. The Morgan fingerprint density at radius 3 is 2.53 bits per heavy atom. The van der Waals surface area contributed by atoms with Gasteiger partial charge in [-0.15, -0.1) is 6.42 Å². The highest BCUT2D eigenvalue weighted by Crippen LogP contribution is 2.33. The summed E-state index contributed by atoms with van der Waals surface area (Å²) in [6, 6.07) is 18.4. The number of aryl methyl sites for hydroxylation is 2. The standard InChI is InChI=1S/C23H18N4O.C5H9N/c1-4-22-26-20-8-6-5-7-19(20)23(27-22)25-17-10-12-21(15(2)13-17)28-18-11-9-16(3)24-14-18;1-2-5-4(1)3-6-5/h1,5-14H,2-3H3,(H,25,26,27);4-6H,1-3H2. The van der Waals surface area contributed by atoms with Gasteiger partial charge in [-0.25, -0.2) is 9.97 Å². The van der Waals surface area contributed by atoms with Gasteiger partial charge in [-0.2, -0.15) is 0 Å². The molecule has 1 saturated heterocycles. The van der Waals surface area contributed by atoms with Gasteiger partial charge >= 0.3 is 0 Å². The maximum atomic E-state index is 5.93. The van der Waals surface area contributed by atoms with Gasteiger partial charge in [-0.05, 0) is 93.1 Å². The molecule has 6 nitrogen and oxygen atoms in total. The van der Waals surface area contributed by atoms with E-state index in [4.69, 9.17) is 11.2 Å². The summed E-state index contributed by atoms with van der Waals surface area (Å²) in [5.41, 5.74) is 3.63. The van der Waals surface area contributed by atoms with Gasteiger partial charge in [0, 0.05) is 22.8 Å². The van der Waals surface area contributed by atoms with Crippen molar-refractivity contribution in [1.82, 2.24) is 20.3 Å². The number of fused-ring (bicyclic) bond motifs is 2. The number of hydrogen-bond donors (Lipinski definition) is 2. The van der Waals surface area contributed by atoms with E-state index < -0.39 is 0 Å². The zero-order chi connectivity index (χ0) is 23.5. The van der Waals surface area contributed by atoms with Crippen molar-refractivity contribution in [1.29, 1.82) is 0 Å². The maximum absolute atomic E-state index is 5.93. The van der Waals surface area contributed by atoms with E-state index in [9.17, 15) is 0 Å². The number of terminal acetylenes is 1. The summed E-state index contributed by atoms with van der Waals surface area (Å²) in [7, 11) is 0. The number of nitrogens with one attached hydrogen (secondary N) is 2. The van der Waals surface area contributed by atoms with Crippen LogP contribution in [-0.4, -0.2) is 27.5 Å². The lowest BCUT2D eigenvalue weighted by Gasteiger charge is -2.47. The third-order valence-corrected chi connectivity index (χ3v) is 6.34. The van der Waals surface area contributed by atoms with Crippen LogP contribution in [0.15, 0.2) is 60.8 Å². The molecular formula is C28H27N5O. The largest absolute Gasteiger partial charge is 0.455 e. The van der Waals surface area contributed by atoms with Crippen LogP contribution in [0.4, 0.5) is 11.5 Å². The number of benzene rings is 2. The first-order valence-corrected chi connectivity index (χ1v) is 11.5. The summed E-state index contributed by atoms with van der Waals surface area (Å²) in [6.45, 7) is 5.25. The minimum Gasteiger partial charge on any atom is -0.455 e. The minimum atomic E-state index is 0.352. The Kier molecular flexibility index (Phi) is 6.11. The Balaban J connectivity index is 0.000000343. The molecule has 0 bridgehead atoms. The van der Waals surface area contributed by atoms with Crippen LogP contribution < -0.4 is 15.4 Å². The van der Waals surface area contributed by atoms with E-state index in [0.717, 1.165) is 45.6 Å². The van der Waals surface area contributed by atoms with Crippen LogP contribution in [0.5, 0.6) is 11.5 Å². The molecule has 3 heterocycles. The molecule has 0 radical (unpaired) electrons. The molecule has 6 heteroatoms. The molecule has 2 aliphatic rings. The molecule has 170 valence electrons. The molecule has 2 N–H and O–H groups in total. The highest BCUT2D eigenvalue weighted by atomic mass is 16.5. The van der Waals surface area contributed by atoms with Crippen LogP contribution in [0, 0.1) is 32.1 Å². The second-order valence-electron chi connectivity index (χ2n) is 8.75. The summed E-state index contributed by atoms with van der Waals surface area (Å²) < 4.78 is 5.93. The van der Waals surface area contributed by atoms with Crippen LogP contribution in [0.3, 0.4) is 0 Å². The van der Waals surface area contributed by atoms with E-state index in [1.54, 1.807) is 6.20 Å². The lowest BCUT2D eigenvalue weighted by Crippen LogP contribution is -2.59. The van der Waals surface area contributed by atoms with Gasteiger partial charge in [0.1, 0.15) is 17.3 Å². The number of ether oxygens (including phenoxy) is 1. The molecule has 1 aliphatic heterocycles. The zero-order valence-corrected chi connectivity index (χ0v) is 19.4. The Hall–Kier alpha value is -3.95.